The lowest BCUT2D eigenvalue weighted by molar-refractivity contribution is 0.377. The fourth-order valence-electron chi connectivity index (χ4n) is 1.61. The van der Waals surface area contributed by atoms with Crippen molar-refractivity contribution in [2.24, 2.45) is 7.05 Å². The molecule has 0 aromatic carbocycles. The van der Waals surface area contributed by atoms with Crippen molar-refractivity contribution in [2.75, 3.05) is 17.6 Å². The molecule has 0 aliphatic rings. The van der Waals surface area contributed by atoms with E-state index in [0.29, 0.717) is 30.4 Å². The van der Waals surface area contributed by atoms with E-state index in [1.165, 1.54) is 0 Å². The van der Waals surface area contributed by atoms with Gasteiger partial charge in [0.2, 0.25) is 5.89 Å². The molecule has 7 heteroatoms. The van der Waals surface area contributed by atoms with Crippen LogP contribution in [0.15, 0.2) is 4.52 Å². The predicted octanol–water partition coefficient (Wildman–Crippen LogP) is 0.657. The maximum Gasteiger partial charge on any atom is 0.228 e. The lowest BCUT2D eigenvalue weighted by atomic mass is 10.3. The monoisotopic (exact) mass is 236 g/mol. The third kappa shape index (κ3) is 2.38. The van der Waals surface area contributed by atoms with Gasteiger partial charge in [-0.3, -0.25) is 4.68 Å². The average Bonchev–Trinajstić information content (AvgIpc) is 2.78. The molecule has 2 aromatic rings. The number of hydrogen-bond donors (Lipinski definition) is 2. The van der Waals surface area contributed by atoms with E-state index in [9.17, 15) is 0 Å². The van der Waals surface area contributed by atoms with Gasteiger partial charge in [-0.1, -0.05) is 5.16 Å². The topological polar surface area (TPSA) is 94.8 Å². The zero-order chi connectivity index (χ0) is 12.4. The standard InChI is InChI=1S/C10H16N6O/c1-6-9(11)10(16(3)14-6)12-5-4-8-13-7(2)15-17-8/h12H,4-5,11H2,1-3H3. The number of aromatic nitrogens is 4. The Morgan fingerprint density at radius 3 is 2.71 bits per heavy atom. The highest BCUT2D eigenvalue weighted by Crippen LogP contribution is 2.20. The highest BCUT2D eigenvalue weighted by Gasteiger charge is 2.09. The Bertz CT molecular complexity index is 515. The second-order valence-electron chi connectivity index (χ2n) is 3.88. The Morgan fingerprint density at radius 1 is 1.41 bits per heavy atom. The summed E-state index contributed by atoms with van der Waals surface area (Å²) in [6.45, 7) is 4.34. The molecule has 7 nitrogen and oxygen atoms in total. The Balaban J connectivity index is 1.94. The van der Waals surface area contributed by atoms with Crippen LogP contribution in [0.3, 0.4) is 0 Å². The van der Waals surface area contributed by atoms with Gasteiger partial charge in [0.1, 0.15) is 5.82 Å². The molecule has 0 aliphatic heterocycles. The van der Waals surface area contributed by atoms with E-state index in [1.54, 1.807) is 11.6 Å². The molecule has 0 unspecified atom stereocenters. The van der Waals surface area contributed by atoms with Crippen molar-refractivity contribution >= 4 is 11.5 Å². The maximum absolute atomic E-state index is 5.89. The van der Waals surface area contributed by atoms with Gasteiger partial charge in [-0.15, -0.1) is 0 Å². The smallest absolute Gasteiger partial charge is 0.228 e. The van der Waals surface area contributed by atoms with Gasteiger partial charge in [0.15, 0.2) is 5.82 Å². The molecule has 2 aromatic heterocycles. The van der Waals surface area contributed by atoms with E-state index >= 15 is 0 Å². The van der Waals surface area contributed by atoms with Gasteiger partial charge in [0, 0.05) is 20.0 Å². The fraction of sp³-hybridized carbons (Fsp3) is 0.500. The zero-order valence-electron chi connectivity index (χ0n) is 10.2. The number of aryl methyl sites for hydroxylation is 3. The highest BCUT2D eigenvalue weighted by atomic mass is 16.5. The van der Waals surface area contributed by atoms with Crippen LogP contribution < -0.4 is 11.1 Å². The second kappa shape index (κ2) is 4.44. The normalized spacial score (nSPS) is 10.8. The van der Waals surface area contributed by atoms with Crippen molar-refractivity contribution in [2.45, 2.75) is 20.3 Å². The van der Waals surface area contributed by atoms with Gasteiger partial charge in [0.05, 0.1) is 11.4 Å². The Morgan fingerprint density at radius 2 is 2.18 bits per heavy atom. The van der Waals surface area contributed by atoms with Crippen LogP contribution in [-0.2, 0) is 13.5 Å². The summed E-state index contributed by atoms with van der Waals surface area (Å²) in [6.07, 6.45) is 0.657. The van der Waals surface area contributed by atoms with Gasteiger partial charge in [-0.2, -0.15) is 10.1 Å². The van der Waals surface area contributed by atoms with Crippen molar-refractivity contribution in [3.05, 3.63) is 17.4 Å². The summed E-state index contributed by atoms with van der Waals surface area (Å²) >= 11 is 0. The number of nitrogens with zero attached hydrogens (tertiary/aromatic N) is 4. The lowest BCUT2D eigenvalue weighted by Gasteiger charge is -2.05. The van der Waals surface area contributed by atoms with Crippen LogP contribution in [-0.4, -0.2) is 26.5 Å². The van der Waals surface area contributed by atoms with Crippen LogP contribution in [0.5, 0.6) is 0 Å². The maximum atomic E-state index is 5.89. The Labute approximate surface area is 99.0 Å². The van der Waals surface area contributed by atoms with Crippen molar-refractivity contribution < 1.29 is 4.52 Å². The van der Waals surface area contributed by atoms with Crippen LogP contribution >= 0.6 is 0 Å². The first-order valence-corrected chi connectivity index (χ1v) is 5.40. The SMILES string of the molecule is Cc1noc(CCNc2c(N)c(C)nn2C)n1. The molecule has 0 radical (unpaired) electrons. The number of nitrogens with one attached hydrogen (secondary N) is 1. The molecule has 92 valence electrons. The van der Waals surface area contributed by atoms with E-state index in [1.807, 2.05) is 14.0 Å². The Kier molecular flexibility index (Phi) is 2.99. The molecular formula is C10H16N6O. The van der Waals surface area contributed by atoms with E-state index in [-0.39, 0.29) is 0 Å². The van der Waals surface area contributed by atoms with Crippen LogP contribution in [0.2, 0.25) is 0 Å². The van der Waals surface area contributed by atoms with Gasteiger partial charge in [-0.05, 0) is 13.8 Å². The van der Waals surface area contributed by atoms with Crippen LogP contribution in [0.25, 0.3) is 0 Å². The van der Waals surface area contributed by atoms with Gasteiger partial charge >= 0.3 is 0 Å². The minimum atomic E-state index is 0.618. The molecule has 0 saturated carbocycles. The summed E-state index contributed by atoms with van der Waals surface area (Å²) in [6, 6.07) is 0. The third-order valence-corrected chi connectivity index (χ3v) is 2.47. The number of nitrogen functional groups attached to an aromatic ring is 1. The van der Waals surface area contributed by atoms with E-state index in [0.717, 1.165) is 11.5 Å². The quantitative estimate of drug-likeness (QED) is 0.809. The summed E-state index contributed by atoms with van der Waals surface area (Å²) in [5, 5.41) is 11.2. The van der Waals surface area contributed by atoms with E-state index in [2.05, 4.69) is 20.6 Å². The molecule has 2 heterocycles. The predicted molar refractivity (Wildman–Crippen MR) is 63.6 cm³/mol. The van der Waals surface area contributed by atoms with Crippen molar-refractivity contribution in [3.63, 3.8) is 0 Å². The summed E-state index contributed by atoms with van der Waals surface area (Å²) in [4.78, 5) is 4.12. The molecule has 0 aliphatic carbocycles. The van der Waals surface area contributed by atoms with Gasteiger partial charge in [-0.25, -0.2) is 0 Å². The molecular weight excluding hydrogens is 220 g/mol. The first-order valence-electron chi connectivity index (χ1n) is 5.40. The number of hydrogen-bond acceptors (Lipinski definition) is 6. The molecule has 0 bridgehead atoms. The van der Waals surface area contributed by atoms with Crippen LogP contribution in [0, 0.1) is 13.8 Å². The fourth-order valence-corrected chi connectivity index (χ4v) is 1.61. The minimum Gasteiger partial charge on any atom is -0.394 e. The van der Waals surface area contributed by atoms with Gasteiger partial charge < -0.3 is 15.6 Å². The van der Waals surface area contributed by atoms with E-state index in [4.69, 9.17) is 10.3 Å². The summed E-state index contributed by atoms with van der Waals surface area (Å²) < 4.78 is 6.74. The largest absolute Gasteiger partial charge is 0.394 e. The van der Waals surface area contributed by atoms with Crippen molar-refractivity contribution in [1.82, 2.24) is 19.9 Å². The molecule has 0 atom stereocenters. The van der Waals surface area contributed by atoms with Crippen molar-refractivity contribution in [3.8, 4) is 0 Å². The van der Waals surface area contributed by atoms with Crippen LogP contribution in [0.1, 0.15) is 17.4 Å². The number of nitrogens with two attached hydrogens (primary N) is 1. The molecule has 0 saturated heterocycles. The molecule has 0 fully saturated rings. The summed E-state index contributed by atoms with van der Waals surface area (Å²) in [5.41, 5.74) is 7.39. The first kappa shape index (κ1) is 11.4. The summed E-state index contributed by atoms with van der Waals surface area (Å²) in [5.74, 6) is 2.09. The third-order valence-electron chi connectivity index (χ3n) is 2.47. The minimum absolute atomic E-state index is 0.618. The molecule has 2 rings (SSSR count). The average molecular weight is 236 g/mol. The second-order valence-corrected chi connectivity index (χ2v) is 3.88. The Hall–Kier alpha value is -2.05. The zero-order valence-corrected chi connectivity index (χ0v) is 10.2. The molecule has 17 heavy (non-hydrogen) atoms. The molecule has 0 amide bonds. The highest BCUT2D eigenvalue weighted by molar-refractivity contribution is 5.64. The van der Waals surface area contributed by atoms with Gasteiger partial charge in [0.25, 0.3) is 0 Å². The summed E-state index contributed by atoms with van der Waals surface area (Å²) in [7, 11) is 1.85. The van der Waals surface area contributed by atoms with Crippen molar-refractivity contribution in [1.29, 1.82) is 0 Å². The van der Waals surface area contributed by atoms with E-state index < -0.39 is 0 Å². The van der Waals surface area contributed by atoms with Crippen LogP contribution in [0.4, 0.5) is 11.5 Å². The lowest BCUT2D eigenvalue weighted by Crippen LogP contribution is -2.10. The number of anilines is 2. The molecule has 3 N–H and O–H groups in total. The molecule has 0 spiro atoms. The first-order chi connectivity index (χ1) is 8.08. The number of rotatable bonds is 4.